The number of anilines is 1. The van der Waals surface area contributed by atoms with Crippen molar-refractivity contribution in [1.82, 2.24) is 10.2 Å². The van der Waals surface area contributed by atoms with Crippen molar-refractivity contribution < 1.29 is 18.0 Å². The van der Waals surface area contributed by atoms with E-state index in [1.165, 1.54) is 4.90 Å². The maximum atomic E-state index is 13.6. The van der Waals surface area contributed by atoms with Crippen molar-refractivity contribution >= 4 is 50.7 Å². The van der Waals surface area contributed by atoms with Crippen LogP contribution in [-0.2, 0) is 26.2 Å². The number of aryl methyl sites for hydroxylation is 1. The molecule has 0 bridgehead atoms. The number of benzene rings is 2. The largest absolute Gasteiger partial charge is 0.352 e. The van der Waals surface area contributed by atoms with Gasteiger partial charge in [0, 0.05) is 22.6 Å². The Morgan fingerprint density at radius 3 is 2.22 bits per heavy atom. The summed E-state index contributed by atoms with van der Waals surface area (Å²) in [5.41, 5.74) is 1.76. The number of rotatable bonds is 9. The van der Waals surface area contributed by atoms with E-state index >= 15 is 0 Å². The first-order chi connectivity index (χ1) is 17.0. The molecule has 3 rings (SSSR count). The van der Waals surface area contributed by atoms with Gasteiger partial charge in [0.2, 0.25) is 21.8 Å². The van der Waals surface area contributed by atoms with Gasteiger partial charge in [-0.2, -0.15) is 0 Å². The Bertz CT molecular complexity index is 1180. The summed E-state index contributed by atoms with van der Waals surface area (Å²) in [6.07, 6.45) is 6.18. The minimum Gasteiger partial charge on any atom is -0.352 e. The molecule has 0 aromatic heterocycles. The zero-order chi connectivity index (χ0) is 26.5. The molecule has 2 amide bonds. The standard InChI is InChI=1S/C26H33Cl2N3O4S/c1-18-15-22(28)13-14-24(18)31(36(3,34)35)17-25(32)30(16-20-9-11-21(27)12-10-20)19(2)26(33)29-23-7-5-4-6-8-23/h9-15,19,23H,4-8,16-17H2,1-3H3,(H,29,33)/t19-/m0/s1. The monoisotopic (exact) mass is 553 g/mol. The number of halogens is 2. The van der Waals surface area contributed by atoms with Crippen molar-refractivity contribution in [2.75, 3.05) is 17.1 Å². The Hall–Kier alpha value is -2.29. The maximum Gasteiger partial charge on any atom is 0.244 e. The number of amides is 2. The van der Waals surface area contributed by atoms with Crippen LogP contribution in [0.3, 0.4) is 0 Å². The van der Waals surface area contributed by atoms with E-state index in [4.69, 9.17) is 23.2 Å². The Labute approximate surface area is 223 Å². The molecular formula is C26H33Cl2N3O4S. The molecule has 0 unspecified atom stereocenters. The van der Waals surface area contributed by atoms with Crippen molar-refractivity contribution in [3.63, 3.8) is 0 Å². The molecule has 10 heteroatoms. The topological polar surface area (TPSA) is 86.8 Å². The fraction of sp³-hybridized carbons (Fsp3) is 0.462. The molecule has 1 fully saturated rings. The molecule has 1 saturated carbocycles. The Balaban J connectivity index is 1.88. The lowest BCUT2D eigenvalue weighted by Gasteiger charge is -2.33. The summed E-state index contributed by atoms with van der Waals surface area (Å²) in [5, 5.41) is 4.10. The van der Waals surface area contributed by atoms with E-state index < -0.39 is 28.5 Å². The van der Waals surface area contributed by atoms with E-state index in [-0.39, 0.29) is 18.5 Å². The number of nitrogens with zero attached hydrogens (tertiary/aromatic N) is 2. The van der Waals surface area contributed by atoms with Gasteiger partial charge < -0.3 is 10.2 Å². The highest BCUT2D eigenvalue weighted by Crippen LogP contribution is 2.26. The molecule has 2 aromatic rings. The lowest BCUT2D eigenvalue weighted by atomic mass is 9.95. The number of sulfonamides is 1. The minimum atomic E-state index is -3.80. The summed E-state index contributed by atoms with van der Waals surface area (Å²) in [5.74, 6) is -0.742. The SMILES string of the molecule is Cc1cc(Cl)ccc1N(CC(=O)N(Cc1ccc(Cl)cc1)[C@@H](C)C(=O)NC1CCCCC1)S(C)(=O)=O. The molecule has 2 aromatic carbocycles. The van der Waals surface area contributed by atoms with Gasteiger partial charge in [0.05, 0.1) is 11.9 Å². The molecule has 0 radical (unpaired) electrons. The van der Waals surface area contributed by atoms with Crippen LogP contribution in [0.4, 0.5) is 5.69 Å². The van der Waals surface area contributed by atoms with Crippen molar-refractivity contribution in [3.05, 3.63) is 63.6 Å². The molecule has 0 aliphatic heterocycles. The molecule has 1 aliphatic carbocycles. The van der Waals surface area contributed by atoms with E-state index in [9.17, 15) is 18.0 Å². The van der Waals surface area contributed by atoms with Crippen molar-refractivity contribution in [2.24, 2.45) is 0 Å². The number of carbonyl (C=O) groups excluding carboxylic acids is 2. The van der Waals surface area contributed by atoms with Crippen molar-refractivity contribution in [2.45, 2.75) is 64.6 Å². The molecule has 0 spiro atoms. The van der Waals surface area contributed by atoms with Crippen LogP contribution in [-0.4, -0.2) is 50.0 Å². The number of carbonyl (C=O) groups is 2. The summed E-state index contributed by atoms with van der Waals surface area (Å²) in [7, 11) is -3.80. The zero-order valence-corrected chi connectivity index (χ0v) is 23.2. The fourth-order valence-corrected chi connectivity index (χ4v) is 5.69. The van der Waals surface area contributed by atoms with Crippen molar-refractivity contribution in [1.29, 1.82) is 0 Å². The Morgan fingerprint density at radius 2 is 1.64 bits per heavy atom. The second-order valence-corrected chi connectivity index (χ2v) is 12.1. The quantitative estimate of drug-likeness (QED) is 0.476. The van der Waals surface area contributed by atoms with Crippen LogP contribution >= 0.6 is 23.2 Å². The number of hydrogen-bond donors (Lipinski definition) is 1. The molecule has 0 heterocycles. The van der Waals surface area contributed by atoms with Gasteiger partial charge in [0.1, 0.15) is 12.6 Å². The first-order valence-electron chi connectivity index (χ1n) is 12.0. The van der Waals surface area contributed by atoms with E-state index in [0.29, 0.717) is 21.3 Å². The average molecular weight is 555 g/mol. The first kappa shape index (κ1) is 28.3. The summed E-state index contributed by atoms with van der Waals surface area (Å²) < 4.78 is 26.5. The van der Waals surface area contributed by atoms with Gasteiger partial charge in [-0.15, -0.1) is 0 Å². The van der Waals surface area contributed by atoms with Crippen LogP contribution in [0.1, 0.15) is 50.2 Å². The smallest absolute Gasteiger partial charge is 0.244 e. The lowest BCUT2D eigenvalue weighted by Crippen LogP contribution is -2.53. The van der Waals surface area contributed by atoms with E-state index in [1.54, 1.807) is 56.3 Å². The predicted octanol–water partition coefficient (Wildman–Crippen LogP) is 4.93. The summed E-state index contributed by atoms with van der Waals surface area (Å²) in [6.45, 7) is 3.09. The second-order valence-electron chi connectivity index (χ2n) is 9.37. The fourth-order valence-electron chi connectivity index (χ4n) is 4.43. The summed E-state index contributed by atoms with van der Waals surface area (Å²) in [4.78, 5) is 28.2. The van der Waals surface area contributed by atoms with Crippen LogP contribution in [0.2, 0.25) is 10.0 Å². The van der Waals surface area contributed by atoms with E-state index in [2.05, 4.69) is 5.32 Å². The third kappa shape index (κ3) is 7.60. The third-order valence-corrected chi connectivity index (χ3v) is 8.11. The highest BCUT2D eigenvalue weighted by Gasteiger charge is 2.31. The Kier molecular flexibility index (Phi) is 9.66. The van der Waals surface area contributed by atoms with Gasteiger partial charge in [-0.3, -0.25) is 13.9 Å². The summed E-state index contributed by atoms with van der Waals surface area (Å²) >= 11 is 12.1. The lowest BCUT2D eigenvalue weighted by molar-refractivity contribution is -0.139. The normalized spacial score (nSPS) is 15.2. The van der Waals surface area contributed by atoms with Crippen LogP contribution in [0.5, 0.6) is 0 Å². The van der Waals surface area contributed by atoms with Gasteiger partial charge >= 0.3 is 0 Å². The summed E-state index contributed by atoms with van der Waals surface area (Å²) in [6, 6.07) is 11.1. The molecule has 196 valence electrons. The van der Waals surface area contributed by atoms with Crippen LogP contribution in [0.25, 0.3) is 0 Å². The minimum absolute atomic E-state index is 0.0884. The maximum absolute atomic E-state index is 13.6. The third-order valence-electron chi connectivity index (χ3n) is 6.49. The highest BCUT2D eigenvalue weighted by atomic mass is 35.5. The molecule has 36 heavy (non-hydrogen) atoms. The van der Waals surface area contributed by atoms with Gasteiger partial charge in [0.15, 0.2) is 0 Å². The molecule has 1 N–H and O–H groups in total. The van der Waals surface area contributed by atoms with Gasteiger partial charge in [-0.1, -0.05) is 54.6 Å². The van der Waals surface area contributed by atoms with Gasteiger partial charge in [0.25, 0.3) is 0 Å². The molecular weight excluding hydrogens is 521 g/mol. The molecule has 1 atom stereocenters. The van der Waals surface area contributed by atoms with Crippen LogP contribution in [0, 0.1) is 6.92 Å². The van der Waals surface area contributed by atoms with E-state index in [1.807, 2.05) is 0 Å². The zero-order valence-electron chi connectivity index (χ0n) is 20.8. The highest BCUT2D eigenvalue weighted by molar-refractivity contribution is 7.92. The van der Waals surface area contributed by atoms with Crippen LogP contribution < -0.4 is 9.62 Å². The number of hydrogen-bond acceptors (Lipinski definition) is 4. The van der Waals surface area contributed by atoms with Crippen molar-refractivity contribution in [3.8, 4) is 0 Å². The Morgan fingerprint density at radius 1 is 1.03 bits per heavy atom. The van der Waals surface area contributed by atoms with Crippen LogP contribution in [0.15, 0.2) is 42.5 Å². The average Bonchev–Trinajstić information content (AvgIpc) is 2.82. The second kappa shape index (κ2) is 12.3. The number of nitrogens with one attached hydrogen (secondary N) is 1. The van der Waals surface area contributed by atoms with E-state index in [0.717, 1.165) is 48.2 Å². The molecule has 0 saturated heterocycles. The first-order valence-corrected chi connectivity index (χ1v) is 14.6. The van der Waals surface area contributed by atoms with Gasteiger partial charge in [-0.05, 0) is 68.1 Å². The molecule has 1 aliphatic rings. The predicted molar refractivity (Wildman–Crippen MR) is 145 cm³/mol. The molecule has 7 nitrogen and oxygen atoms in total. The van der Waals surface area contributed by atoms with Gasteiger partial charge in [-0.25, -0.2) is 8.42 Å².